The van der Waals surface area contributed by atoms with Crippen LogP contribution in [0.4, 0.5) is 5.69 Å². The molecular formula is C16H19NO2. The molecule has 0 N–H and O–H groups in total. The number of esters is 1. The fourth-order valence-electron chi connectivity index (χ4n) is 2.42. The molecule has 0 fully saturated rings. The van der Waals surface area contributed by atoms with E-state index in [1.807, 2.05) is 19.1 Å². The van der Waals surface area contributed by atoms with Gasteiger partial charge in [-0.2, -0.15) is 0 Å². The second-order valence-corrected chi connectivity index (χ2v) is 4.93. The lowest BCUT2D eigenvalue weighted by Crippen LogP contribution is -2.25. The maximum Gasteiger partial charge on any atom is 0.311 e. The molecule has 1 atom stereocenters. The molecule has 0 radical (unpaired) electrons. The van der Waals surface area contributed by atoms with Gasteiger partial charge in [0.15, 0.2) is 0 Å². The molecule has 19 heavy (non-hydrogen) atoms. The lowest BCUT2D eigenvalue weighted by molar-refractivity contribution is -0.135. The van der Waals surface area contributed by atoms with Crippen molar-refractivity contribution in [3.63, 3.8) is 0 Å². The van der Waals surface area contributed by atoms with Gasteiger partial charge in [0, 0.05) is 18.3 Å². The van der Waals surface area contributed by atoms with Crippen LogP contribution >= 0.6 is 0 Å². The van der Waals surface area contributed by atoms with Gasteiger partial charge in [-0.25, -0.2) is 0 Å². The summed E-state index contributed by atoms with van der Waals surface area (Å²) in [4.78, 5) is 13.6. The number of carbonyl (C=O) groups excluding carboxylic acids is 1. The van der Waals surface area contributed by atoms with E-state index in [0.29, 0.717) is 18.7 Å². The highest BCUT2D eigenvalue weighted by atomic mass is 16.5. The minimum atomic E-state index is -0.156. The largest absolute Gasteiger partial charge is 0.426 e. The maximum atomic E-state index is 11.5. The van der Waals surface area contributed by atoms with E-state index < -0.39 is 0 Å². The van der Waals surface area contributed by atoms with Crippen molar-refractivity contribution < 1.29 is 9.53 Å². The summed E-state index contributed by atoms with van der Waals surface area (Å²) in [5.41, 5.74) is 2.11. The van der Waals surface area contributed by atoms with Crippen molar-refractivity contribution in [1.29, 1.82) is 0 Å². The monoisotopic (exact) mass is 257 g/mol. The summed E-state index contributed by atoms with van der Waals surface area (Å²) in [5, 5.41) is 0. The average Bonchev–Trinajstić information content (AvgIpc) is 2.37. The molecule has 0 saturated heterocycles. The van der Waals surface area contributed by atoms with Gasteiger partial charge >= 0.3 is 5.97 Å². The van der Waals surface area contributed by atoms with E-state index in [9.17, 15) is 4.79 Å². The zero-order valence-corrected chi connectivity index (χ0v) is 11.5. The molecule has 1 aromatic carbocycles. The SMILES string of the molecule is C#CCN(CCC)c1ccc2c(c1)OC(=O)CC2C. The van der Waals surface area contributed by atoms with Gasteiger partial charge < -0.3 is 9.64 Å². The first kappa shape index (κ1) is 13.5. The molecule has 1 aromatic rings. The van der Waals surface area contributed by atoms with Crippen LogP contribution in [0.25, 0.3) is 0 Å². The van der Waals surface area contributed by atoms with Gasteiger partial charge in [0.05, 0.1) is 13.0 Å². The molecule has 3 heteroatoms. The Kier molecular flexibility index (Phi) is 4.11. The molecule has 3 nitrogen and oxygen atoms in total. The van der Waals surface area contributed by atoms with Crippen LogP contribution in [0.5, 0.6) is 5.75 Å². The van der Waals surface area contributed by atoms with Crippen molar-refractivity contribution in [1.82, 2.24) is 0 Å². The number of benzene rings is 1. The molecule has 0 bridgehead atoms. The lowest BCUT2D eigenvalue weighted by Gasteiger charge is -2.26. The first-order valence-electron chi connectivity index (χ1n) is 6.68. The Bertz CT molecular complexity index is 516. The number of hydrogen-bond acceptors (Lipinski definition) is 3. The van der Waals surface area contributed by atoms with Gasteiger partial charge in [-0.05, 0) is 24.0 Å². The van der Waals surface area contributed by atoms with E-state index in [1.54, 1.807) is 0 Å². The Morgan fingerprint density at radius 3 is 3.00 bits per heavy atom. The molecule has 0 spiro atoms. The highest BCUT2D eigenvalue weighted by Gasteiger charge is 2.24. The summed E-state index contributed by atoms with van der Waals surface area (Å²) >= 11 is 0. The maximum absolute atomic E-state index is 11.5. The second-order valence-electron chi connectivity index (χ2n) is 4.93. The first-order valence-corrected chi connectivity index (χ1v) is 6.68. The molecule has 100 valence electrons. The number of rotatable bonds is 4. The molecular weight excluding hydrogens is 238 g/mol. The summed E-state index contributed by atoms with van der Waals surface area (Å²) in [6.45, 7) is 5.62. The van der Waals surface area contributed by atoms with E-state index in [4.69, 9.17) is 11.2 Å². The minimum absolute atomic E-state index is 0.156. The molecule has 1 aliphatic rings. The van der Waals surface area contributed by atoms with Gasteiger partial charge in [-0.3, -0.25) is 4.79 Å². The number of carbonyl (C=O) groups is 1. The Hall–Kier alpha value is -1.95. The van der Waals surface area contributed by atoms with E-state index >= 15 is 0 Å². The third-order valence-corrected chi connectivity index (χ3v) is 3.37. The first-order chi connectivity index (χ1) is 9.15. The summed E-state index contributed by atoms with van der Waals surface area (Å²) < 4.78 is 5.33. The van der Waals surface area contributed by atoms with Gasteiger partial charge in [-0.1, -0.05) is 25.8 Å². The highest BCUT2D eigenvalue weighted by molar-refractivity contribution is 5.77. The predicted molar refractivity (Wildman–Crippen MR) is 76.4 cm³/mol. The van der Waals surface area contributed by atoms with Crippen LogP contribution in [0.15, 0.2) is 18.2 Å². The molecule has 0 amide bonds. The van der Waals surface area contributed by atoms with E-state index in [2.05, 4.69) is 23.8 Å². The standard InChI is InChI=1S/C16H19NO2/c1-4-8-17(9-5-2)13-6-7-14-12(3)10-16(18)19-15(14)11-13/h1,6-7,11-12H,5,8-10H2,2-3H3. The Balaban J connectivity index is 2.31. The van der Waals surface area contributed by atoms with Crippen LogP contribution in [0.3, 0.4) is 0 Å². The fraction of sp³-hybridized carbons (Fsp3) is 0.438. The predicted octanol–water partition coefficient (Wildman–Crippen LogP) is 2.95. The van der Waals surface area contributed by atoms with Crippen molar-refractivity contribution in [2.75, 3.05) is 18.0 Å². The van der Waals surface area contributed by atoms with Crippen molar-refractivity contribution in [2.45, 2.75) is 32.6 Å². The number of ether oxygens (including phenoxy) is 1. The highest BCUT2D eigenvalue weighted by Crippen LogP contribution is 2.36. The van der Waals surface area contributed by atoms with Crippen molar-refractivity contribution in [2.24, 2.45) is 0 Å². The smallest absolute Gasteiger partial charge is 0.311 e. The quantitative estimate of drug-likeness (QED) is 0.472. The molecule has 1 heterocycles. The van der Waals surface area contributed by atoms with Crippen LogP contribution in [-0.4, -0.2) is 19.1 Å². The third-order valence-electron chi connectivity index (χ3n) is 3.37. The number of hydrogen-bond donors (Lipinski definition) is 0. The van der Waals surface area contributed by atoms with Gasteiger partial charge in [-0.15, -0.1) is 6.42 Å². The molecule has 1 unspecified atom stereocenters. The number of nitrogens with zero attached hydrogens (tertiary/aromatic N) is 1. The summed E-state index contributed by atoms with van der Waals surface area (Å²) in [7, 11) is 0. The second kappa shape index (κ2) is 5.79. The Morgan fingerprint density at radius 1 is 1.53 bits per heavy atom. The van der Waals surface area contributed by atoms with Gasteiger partial charge in [0.1, 0.15) is 5.75 Å². The minimum Gasteiger partial charge on any atom is -0.426 e. The zero-order chi connectivity index (χ0) is 13.8. The molecule has 2 rings (SSSR count). The molecule has 0 saturated carbocycles. The van der Waals surface area contributed by atoms with Crippen LogP contribution in [0, 0.1) is 12.3 Å². The normalized spacial score (nSPS) is 17.3. The van der Waals surface area contributed by atoms with Crippen LogP contribution in [0.2, 0.25) is 0 Å². The lowest BCUT2D eigenvalue weighted by atomic mass is 9.94. The summed E-state index contributed by atoms with van der Waals surface area (Å²) in [5.74, 6) is 3.41. The average molecular weight is 257 g/mol. The Morgan fingerprint density at radius 2 is 2.32 bits per heavy atom. The summed E-state index contributed by atoms with van der Waals surface area (Å²) in [6.07, 6.45) is 6.88. The van der Waals surface area contributed by atoms with Crippen molar-refractivity contribution in [3.05, 3.63) is 23.8 Å². The van der Waals surface area contributed by atoms with Crippen LogP contribution < -0.4 is 9.64 Å². The number of terminal acetylenes is 1. The Labute approximate surface area is 114 Å². The van der Waals surface area contributed by atoms with E-state index in [0.717, 1.165) is 24.2 Å². The zero-order valence-electron chi connectivity index (χ0n) is 11.5. The van der Waals surface area contributed by atoms with Crippen LogP contribution in [-0.2, 0) is 4.79 Å². The fourth-order valence-corrected chi connectivity index (χ4v) is 2.42. The van der Waals surface area contributed by atoms with Crippen molar-refractivity contribution in [3.8, 4) is 18.1 Å². The van der Waals surface area contributed by atoms with Gasteiger partial charge in [0.2, 0.25) is 0 Å². The number of fused-ring (bicyclic) bond motifs is 1. The van der Waals surface area contributed by atoms with Crippen molar-refractivity contribution >= 4 is 11.7 Å². The van der Waals surface area contributed by atoms with E-state index in [1.165, 1.54) is 0 Å². The third kappa shape index (κ3) is 2.90. The van der Waals surface area contributed by atoms with Gasteiger partial charge in [0.25, 0.3) is 0 Å². The molecule has 0 aromatic heterocycles. The number of anilines is 1. The topological polar surface area (TPSA) is 29.5 Å². The summed E-state index contributed by atoms with van der Waals surface area (Å²) in [6, 6.07) is 6.03. The van der Waals surface area contributed by atoms with E-state index in [-0.39, 0.29) is 11.9 Å². The van der Waals surface area contributed by atoms with Crippen LogP contribution in [0.1, 0.15) is 38.2 Å². The molecule has 0 aliphatic carbocycles. The molecule has 1 aliphatic heterocycles.